The summed E-state index contributed by atoms with van der Waals surface area (Å²) in [5.74, 6) is 5.32. The van der Waals surface area contributed by atoms with E-state index in [9.17, 15) is 44.2 Å². The van der Waals surface area contributed by atoms with Crippen molar-refractivity contribution < 1.29 is 66.8 Å². The minimum absolute atomic E-state index is 0.00540. The molecule has 0 unspecified atom stereocenters. The number of anilines is 2. The number of nitro benzene ring substituents is 2. The van der Waals surface area contributed by atoms with Crippen LogP contribution in [0, 0.1) is 20.2 Å². The van der Waals surface area contributed by atoms with E-state index in [0.29, 0.717) is 82.1 Å². The molecule has 28 nitrogen and oxygen atoms in total. The van der Waals surface area contributed by atoms with Gasteiger partial charge in [-0.1, -0.05) is 72.7 Å². The highest BCUT2D eigenvalue weighted by atomic mass is 16.6. The molecule has 0 amide bonds. The number of rotatable bonds is 24. The van der Waals surface area contributed by atoms with Crippen LogP contribution in [0.4, 0.5) is 23.0 Å². The number of hydrogen-bond donors (Lipinski definition) is 2. The largest absolute Gasteiger partial charge is 0.497 e. The second-order valence-electron chi connectivity index (χ2n) is 27.6. The van der Waals surface area contributed by atoms with Gasteiger partial charge in [-0.15, -0.1) is 0 Å². The molecule has 120 heavy (non-hydrogen) atoms. The normalized spacial score (nSPS) is 11.4. The Bertz CT molecular complexity index is 6260. The van der Waals surface area contributed by atoms with Crippen LogP contribution in [0.1, 0.15) is 149 Å². The Labute approximate surface area is 692 Å². The molecule has 0 radical (unpaired) electrons. The van der Waals surface area contributed by atoms with Gasteiger partial charge in [-0.05, 0) is 128 Å². The van der Waals surface area contributed by atoms with Gasteiger partial charge in [-0.25, -0.2) is 9.59 Å². The summed E-state index contributed by atoms with van der Waals surface area (Å²) in [5, 5.41) is 34.3. The van der Waals surface area contributed by atoms with E-state index in [1.54, 1.807) is 39.1 Å². The predicted octanol–water partition coefficient (Wildman–Crippen LogP) is 19.4. The Morgan fingerprint density at radius 1 is 0.458 bits per heavy atom. The standard InChI is InChI=1S/2C18H17NO2.C16H17N3O2.C14H17N3O4.C14H17NO2.C12H13N3O4/c1-3-19-12-16(18(20)13-7-5-4-6-8-13)15-11-14(21-2)9-10-17(15)19;1-3-19-12-16(18(20)13-7-5-4-6-8-13)15-10-9-14(21-2)11-17(15)19;1-3-19-9-13(12-7-6-11(20-2)8-14(12)19)15-17-16(21-18-15)10-4-5-10;1-4-15-13-12(14(18)21-3)10-7-6-9(17(19)20)8-11(10)16(13)5-2;1-4-14(16)12-9-15(5-2)13-8-10(17-3)6-7-11(12)13;1-3-14-9-6-7(15(17)18)4-5-8(9)10(11(14)13)12(16)19-2/h2*4-12H,3H2,1-2H3;6-10H,3-5H2,1-2H3;6-8,15H,4-5H2,1-3H3;6-9H,4-5H2,1-3H3;4-6H,3,13H2,1-2H3. The number of nitrogens with two attached hydrogens (primary N) is 1. The lowest BCUT2D eigenvalue weighted by Crippen LogP contribution is -2.10. The van der Waals surface area contributed by atoms with Gasteiger partial charge in [-0.2, -0.15) is 4.98 Å². The van der Waals surface area contributed by atoms with Crippen molar-refractivity contribution in [3.05, 3.63) is 260 Å². The summed E-state index contributed by atoms with van der Waals surface area (Å²) >= 11 is 0. The van der Waals surface area contributed by atoms with Crippen LogP contribution >= 0.6 is 0 Å². The Morgan fingerprint density at radius 2 is 0.875 bits per heavy atom. The molecule has 28 heteroatoms. The molecule has 16 rings (SSSR count). The first-order valence-corrected chi connectivity index (χ1v) is 39.6. The van der Waals surface area contributed by atoms with Crippen LogP contribution in [0.15, 0.2) is 199 Å². The highest BCUT2D eigenvalue weighted by Crippen LogP contribution is 2.42. The fourth-order valence-electron chi connectivity index (χ4n) is 14.5. The molecular weight excluding hydrogens is 1530 g/mol. The number of ketones is 3. The number of esters is 2. The second kappa shape index (κ2) is 39.1. The lowest BCUT2D eigenvalue weighted by atomic mass is 10.0. The fourth-order valence-corrected chi connectivity index (χ4v) is 14.5. The number of nitrogen functional groups attached to an aromatic ring is 1. The van der Waals surface area contributed by atoms with E-state index in [-0.39, 0.29) is 40.1 Å². The molecule has 622 valence electrons. The number of non-ortho nitro benzene ring substituents is 2. The summed E-state index contributed by atoms with van der Waals surface area (Å²) in [6.07, 6.45) is 10.8. The number of methoxy groups -OCH3 is 6. The molecule has 0 spiro atoms. The number of Topliss-reactive ketones (excluding diaryl/α,β-unsaturated/α-hetero) is 1. The SMILES string of the molecule is CCC(=O)c1cn(CC)c2cc(OC)ccc12.CCNc1c(C(=O)OC)c2ccc([N+](=O)[O-])cc2n1CC.CCn1c(N)c(C(=O)OC)c2ccc([N+](=O)[O-])cc21.CCn1cc(-c2noc(C3CC3)n2)c2ccc(OC)cc21.CCn1cc(C(=O)c2ccccc2)c2cc(OC)ccc21.CCn1cc(C(=O)c2ccccc2)c2ccc(OC)cc21. The topological polar surface area (TPSA) is 334 Å². The maximum atomic E-state index is 12.7. The van der Waals surface area contributed by atoms with Gasteiger partial charge in [-0.3, -0.25) is 34.6 Å². The van der Waals surface area contributed by atoms with Crippen LogP contribution < -0.4 is 30.0 Å². The highest BCUT2D eigenvalue weighted by molar-refractivity contribution is 6.18. The first kappa shape index (κ1) is 86.5. The summed E-state index contributed by atoms with van der Waals surface area (Å²) in [7, 11) is 9.20. The van der Waals surface area contributed by atoms with Crippen LogP contribution in [0.25, 0.3) is 76.8 Å². The van der Waals surface area contributed by atoms with Crippen LogP contribution in [-0.2, 0) is 48.7 Å². The number of fused-ring (bicyclic) bond motifs is 6. The Hall–Kier alpha value is -14.3. The van der Waals surface area contributed by atoms with Crippen molar-refractivity contribution in [2.75, 3.05) is 60.3 Å². The van der Waals surface area contributed by atoms with Gasteiger partial charge in [0.25, 0.3) is 11.4 Å². The maximum Gasteiger partial charge on any atom is 0.342 e. The molecule has 15 aromatic rings. The van der Waals surface area contributed by atoms with Crippen molar-refractivity contribution in [1.29, 1.82) is 0 Å². The molecule has 0 aliphatic heterocycles. The van der Waals surface area contributed by atoms with E-state index >= 15 is 0 Å². The zero-order valence-electron chi connectivity index (χ0n) is 69.7. The van der Waals surface area contributed by atoms with Crippen molar-refractivity contribution in [2.45, 2.75) is 120 Å². The molecule has 1 fully saturated rings. The van der Waals surface area contributed by atoms with Crippen molar-refractivity contribution in [2.24, 2.45) is 0 Å². The van der Waals surface area contributed by atoms with E-state index in [2.05, 4.69) is 73.7 Å². The van der Waals surface area contributed by atoms with Crippen molar-refractivity contribution >= 4 is 118 Å². The first-order valence-electron chi connectivity index (χ1n) is 39.6. The summed E-state index contributed by atoms with van der Waals surface area (Å²) in [6.45, 7) is 21.0. The van der Waals surface area contributed by atoms with E-state index in [0.717, 1.165) is 134 Å². The Balaban J connectivity index is 0.000000141. The maximum absolute atomic E-state index is 12.7. The van der Waals surface area contributed by atoms with Crippen LogP contribution in [0.2, 0.25) is 0 Å². The molecular formula is C92H98N12O16. The molecule has 0 atom stereocenters. The molecule has 1 aliphatic carbocycles. The van der Waals surface area contributed by atoms with E-state index < -0.39 is 21.8 Å². The zero-order valence-corrected chi connectivity index (χ0v) is 69.7. The van der Waals surface area contributed by atoms with E-state index in [4.69, 9.17) is 38.7 Å². The molecule has 7 heterocycles. The second-order valence-corrected chi connectivity index (χ2v) is 27.6. The quantitative estimate of drug-likeness (QED) is 0.0246. The van der Waals surface area contributed by atoms with Gasteiger partial charge in [0, 0.05) is 197 Å². The smallest absolute Gasteiger partial charge is 0.342 e. The van der Waals surface area contributed by atoms with Crippen LogP contribution in [-0.4, -0.2) is 126 Å². The van der Waals surface area contributed by atoms with E-state index in [1.165, 1.54) is 44.6 Å². The Kier molecular flexibility index (Phi) is 28.2. The number of carbonyl (C=O) groups excluding carboxylic acids is 5. The summed E-state index contributed by atoms with van der Waals surface area (Å²) in [5.41, 5.74) is 16.7. The van der Waals surface area contributed by atoms with Gasteiger partial charge in [0.1, 0.15) is 45.8 Å². The molecule has 3 N–H and O–H groups in total. The molecule has 1 saturated carbocycles. The highest BCUT2D eigenvalue weighted by Gasteiger charge is 2.31. The predicted molar refractivity (Wildman–Crippen MR) is 466 cm³/mol. The summed E-state index contributed by atoms with van der Waals surface area (Å²) < 4.78 is 47.9. The number of ether oxygens (including phenoxy) is 6. The minimum Gasteiger partial charge on any atom is -0.497 e. The van der Waals surface area contributed by atoms with Crippen molar-refractivity contribution in [3.63, 3.8) is 0 Å². The number of nitrogens with zero attached hydrogens (tertiary/aromatic N) is 10. The number of hydrogen-bond acceptors (Lipinski definition) is 20. The first-order chi connectivity index (χ1) is 58.0. The van der Waals surface area contributed by atoms with Gasteiger partial charge in [0.2, 0.25) is 11.7 Å². The summed E-state index contributed by atoms with van der Waals surface area (Å²) in [6, 6.07) is 51.0. The monoisotopic (exact) mass is 1630 g/mol. The van der Waals surface area contributed by atoms with Gasteiger partial charge in [0.15, 0.2) is 17.3 Å². The number of benzene rings is 8. The third kappa shape index (κ3) is 18.3. The lowest BCUT2D eigenvalue weighted by molar-refractivity contribution is -0.384. The third-order valence-electron chi connectivity index (χ3n) is 20.8. The molecule has 7 aromatic heterocycles. The van der Waals surface area contributed by atoms with Gasteiger partial charge >= 0.3 is 11.9 Å². The summed E-state index contributed by atoms with van der Waals surface area (Å²) in [4.78, 5) is 86.5. The molecule has 1 aliphatic rings. The fraction of sp³-hybridized carbons (Fsp3) is 0.272. The van der Waals surface area contributed by atoms with Crippen LogP contribution in [0.3, 0.4) is 0 Å². The zero-order chi connectivity index (χ0) is 86.2. The molecule has 0 bridgehead atoms. The lowest BCUT2D eigenvalue weighted by Gasteiger charge is -2.10. The van der Waals surface area contributed by atoms with Crippen molar-refractivity contribution in [3.8, 4) is 34.4 Å². The number of carbonyl (C=O) groups is 5. The number of nitro groups is 2. The molecule has 0 saturated heterocycles. The van der Waals surface area contributed by atoms with Crippen LogP contribution in [0.5, 0.6) is 23.0 Å². The average Bonchev–Trinajstić information content (AvgIpc) is 1.62. The Morgan fingerprint density at radius 3 is 1.33 bits per heavy atom. The number of aromatic nitrogens is 8. The average molecular weight is 1630 g/mol. The minimum atomic E-state index is -0.552. The third-order valence-corrected chi connectivity index (χ3v) is 20.8. The number of nitrogens with one attached hydrogen (secondary N) is 1. The molecule has 8 aromatic carbocycles. The van der Waals surface area contributed by atoms with Gasteiger partial charge < -0.3 is 71.4 Å². The van der Waals surface area contributed by atoms with Crippen molar-refractivity contribution in [1.82, 2.24) is 37.5 Å². The van der Waals surface area contributed by atoms with E-state index in [1.807, 2.05) is 178 Å². The van der Waals surface area contributed by atoms with Gasteiger partial charge in [0.05, 0.1) is 80.1 Å². The number of aryl methyl sites for hydroxylation is 6.